The maximum absolute atomic E-state index is 12.2. The molecule has 1 fully saturated rings. The monoisotopic (exact) mass is 320 g/mol. The summed E-state index contributed by atoms with van der Waals surface area (Å²) in [4.78, 5) is 12.2. The van der Waals surface area contributed by atoms with Crippen molar-refractivity contribution in [2.24, 2.45) is 11.7 Å². The van der Waals surface area contributed by atoms with Gasteiger partial charge >= 0.3 is 0 Å². The Morgan fingerprint density at radius 2 is 2.05 bits per heavy atom. The SMILES string of the molecule is Cl.NCC(NC(=O)C1CCOC1)c1ccc2ccccc2c1. The lowest BCUT2D eigenvalue weighted by molar-refractivity contribution is -0.125. The van der Waals surface area contributed by atoms with Crippen molar-refractivity contribution in [3.8, 4) is 0 Å². The third kappa shape index (κ3) is 3.58. The van der Waals surface area contributed by atoms with Gasteiger partial charge in [0.25, 0.3) is 0 Å². The van der Waals surface area contributed by atoms with Gasteiger partial charge in [0.1, 0.15) is 0 Å². The molecule has 3 rings (SSSR count). The summed E-state index contributed by atoms with van der Waals surface area (Å²) in [7, 11) is 0. The van der Waals surface area contributed by atoms with Gasteiger partial charge in [-0.15, -0.1) is 12.4 Å². The first-order valence-corrected chi connectivity index (χ1v) is 7.35. The summed E-state index contributed by atoms with van der Waals surface area (Å²) in [6, 6.07) is 14.2. The van der Waals surface area contributed by atoms with E-state index in [0.717, 1.165) is 17.4 Å². The predicted octanol–water partition coefficient (Wildman–Crippen LogP) is 2.41. The van der Waals surface area contributed by atoms with Crippen LogP contribution in [0.1, 0.15) is 18.0 Å². The highest BCUT2D eigenvalue weighted by atomic mass is 35.5. The van der Waals surface area contributed by atoms with Gasteiger partial charge in [0.2, 0.25) is 5.91 Å². The maximum Gasteiger partial charge on any atom is 0.226 e. The number of benzene rings is 2. The summed E-state index contributed by atoms with van der Waals surface area (Å²) in [6.07, 6.45) is 0.793. The first-order valence-electron chi connectivity index (χ1n) is 7.35. The Balaban J connectivity index is 0.00000176. The van der Waals surface area contributed by atoms with Gasteiger partial charge in [-0.05, 0) is 28.8 Å². The molecule has 2 atom stereocenters. The molecule has 1 amide bonds. The van der Waals surface area contributed by atoms with Crippen LogP contribution in [-0.2, 0) is 9.53 Å². The fraction of sp³-hybridized carbons (Fsp3) is 0.353. The van der Waals surface area contributed by atoms with Gasteiger partial charge in [0, 0.05) is 13.2 Å². The van der Waals surface area contributed by atoms with Crippen LogP contribution in [0.3, 0.4) is 0 Å². The van der Waals surface area contributed by atoms with Crippen molar-refractivity contribution in [3.05, 3.63) is 48.0 Å². The van der Waals surface area contributed by atoms with Crippen LogP contribution < -0.4 is 11.1 Å². The van der Waals surface area contributed by atoms with Crippen molar-refractivity contribution in [1.82, 2.24) is 5.32 Å². The Bertz CT molecular complexity index is 641. The lowest BCUT2D eigenvalue weighted by Crippen LogP contribution is -2.37. The maximum atomic E-state index is 12.2. The number of halogens is 1. The molecule has 1 saturated heterocycles. The van der Waals surface area contributed by atoms with Gasteiger partial charge in [0.05, 0.1) is 18.6 Å². The fourth-order valence-corrected chi connectivity index (χ4v) is 2.73. The standard InChI is InChI=1S/C17H20N2O2.ClH/c18-10-16(19-17(20)15-7-8-21-11-15)14-6-5-12-3-1-2-4-13(12)9-14;/h1-6,9,15-16H,7-8,10-11,18H2,(H,19,20);1H. The highest BCUT2D eigenvalue weighted by Crippen LogP contribution is 2.21. The molecule has 0 spiro atoms. The van der Waals surface area contributed by atoms with Crippen LogP contribution >= 0.6 is 12.4 Å². The third-order valence-corrected chi connectivity index (χ3v) is 4.03. The molecule has 2 unspecified atom stereocenters. The molecule has 2 aromatic carbocycles. The Hall–Kier alpha value is -1.62. The number of fused-ring (bicyclic) bond motifs is 1. The zero-order valence-electron chi connectivity index (χ0n) is 12.3. The topological polar surface area (TPSA) is 64.3 Å². The molecule has 1 heterocycles. The zero-order valence-corrected chi connectivity index (χ0v) is 13.1. The number of hydrogen-bond donors (Lipinski definition) is 2. The number of hydrogen-bond acceptors (Lipinski definition) is 3. The van der Waals surface area contributed by atoms with E-state index in [1.54, 1.807) is 0 Å². The van der Waals surface area contributed by atoms with Gasteiger partial charge in [-0.2, -0.15) is 0 Å². The van der Waals surface area contributed by atoms with Gasteiger partial charge in [0.15, 0.2) is 0 Å². The van der Waals surface area contributed by atoms with E-state index < -0.39 is 0 Å². The van der Waals surface area contributed by atoms with Gasteiger partial charge in [-0.3, -0.25) is 4.79 Å². The number of amides is 1. The molecule has 22 heavy (non-hydrogen) atoms. The average Bonchev–Trinajstić information content (AvgIpc) is 3.06. The number of nitrogens with two attached hydrogens (primary N) is 1. The number of ether oxygens (including phenoxy) is 1. The summed E-state index contributed by atoms with van der Waals surface area (Å²) >= 11 is 0. The molecule has 1 aliphatic heterocycles. The fourth-order valence-electron chi connectivity index (χ4n) is 2.73. The largest absolute Gasteiger partial charge is 0.381 e. The minimum absolute atomic E-state index is 0. The second-order valence-electron chi connectivity index (χ2n) is 5.46. The molecule has 0 aromatic heterocycles. The molecule has 3 N–H and O–H groups in total. The molecule has 0 bridgehead atoms. The van der Waals surface area contributed by atoms with E-state index in [1.165, 1.54) is 5.39 Å². The van der Waals surface area contributed by atoms with Crippen LogP contribution in [0.15, 0.2) is 42.5 Å². The molecule has 5 heteroatoms. The molecular weight excluding hydrogens is 300 g/mol. The minimum Gasteiger partial charge on any atom is -0.381 e. The van der Waals surface area contributed by atoms with E-state index in [9.17, 15) is 4.79 Å². The molecule has 118 valence electrons. The molecule has 0 aliphatic carbocycles. The van der Waals surface area contributed by atoms with Crippen LogP contribution in [0.2, 0.25) is 0 Å². The molecule has 0 radical (unpaired) electrons. The Labute approximate surface area is 136 Å². The third-order valence-electron chi connectivity index (χ3n) is 4.03. The Morgan fingerprint density at radius 3 is 2.73 bits per heavy atom. The number of carbonyl (C=O) groups is 1. The highest BCUT2D eigenvalue weighted by Gasteiger charge is 2.25. The number of carbonyl (C=O) groups excluding carboxylic acids is 1. The van der Waals surface area contributed by atoms with Crippen LogP contribution in [0.5, 0.6) is 0 Å². The second kappa shape index (κ2) is 7.58. The quantitative estimate of drug-likeness (QED) is 0.909. The highest BCUT2D eigenvalue weighted by molar-refractivity contribution is 5.85. The predicted molar refractivity (Wildman–Crippen MR) is 90.1 cm³/mol. The molecular formula is C17H21ClN2O2. The minimum atomic E-state index is -0.150. The number of nitrogens with one attached hydrogen (secondary N) is 1. The zero-order chi connectivity index (χ0) is 14.7. The first kappa shape index (κ1) is 16.7. The summed E-state index contributed by atoms with van der Waals surface area (Å²) < 4.78 is 5.26. The molecule has 1 aliphatic rings. The van der Waals surface area contributed by atoms with Gasteiger partial charge in [-0.1, -0.05) is 36.4 Å². The van der Waals surface area contributed by atoms with Crippen LogP contribution in [-0.4, -0.2) is 25.7 Å². The van der Waals surface area contributed by atoms with Gasteiger partial charge < -0.3 is 15.8 Å². The molecule has 2 aromatic rings. The second-order valence-corrected chi connectivity index (χ2v) is 5.46. The molecule has 0 saturated carbocycles. The molecule has 4 nitrogen and oxygen atoms in total. The van der Waals surface area contributed by atoms with E-state index in [1.807, 2.05) is 18.2 Å². The lowest BCUT2D eigenvalue weighted by Gasteiger charge is -2.19. The Kier molecular flexibility index (Phi) is 5.77. The van der Waals surface area contributed by atoms with Crippen LogP contribution in [0, 0.1) is 5.92 Å². The van der Waals surface area contributed by atoms with Crippen molar-refractivity contribution < 1.29 is 9.53 Å². The number of rotatable bonds is 4. The average molecular weight is 321 g/mol. The summed E-state index contributed by atoms with van der Waals surface area (Å²) in [6.45, 7) is 1.57. The van der Waals surface area contributed by atoms with Crippen molar-refractivity contribution in [2.75, 3.05) is 19.8 Å². The smallest absolute Gasteiger partial charge is 0.226 e. The van der Waals surface area contributed by atoms with E-state index in [-0.39, 0.29) is 30.3 Å². The van der Waals surface area contributed by atoms with Crippen LogP contribution in [0.4, 0.5) is 0 Å². The summed E-state index contributed by atoms with van der Waals surface area (Å²) in [5.41, 5.74) is 6.89. The van der Waals surface area contributed by atoms with Gasteiger partial charge in [-0.25, -0.2) is 0 Å². The van der Waals surface area contributed by atoms with Crippen LogP contribution in [0.25, 0.3) is 10.8 Å². The first-order chi connectivity index (χ1) is 10.3. The van der Waals surface area contributed by atoms with Crippen molar-refractivity contribution >= 4 is 29.1 Å². The Morgan fingerprint density at radius 1 is 1.27 bits per heavy atom. The summed E-state index contributed by atoms with van der Waals surface area (Å²) in [5.74, 6) is -0.00406. The van der Waals surface area contributed by atoms with Crippen molar-refractivity contribution in [2.45, 2.75) is 12.5 Å². The van der Waals surface area contributed by atoms with E-state index >= 15 is 0 Å². The van der Waals surface area contributed by atoms with Crippen molar-refractivity contribution in [3.63, 3.8) is 0 Å². The van der Waals surface area contributed by atoms with Crippen molar-refractivity contribution in [1.29, 1.82) is 0 Å². The van der Waals surface area contributed by atoms with E-state index in [4.69, 9.17) is 10.5 Å². The van der Waals surface area contributed by atoms with E-state index in [0.29, 0.717) is 19.8 Å². The lowest BCUT2D eigenvalue weighted by atomic mass is 10.0. The van der Waals surface area contributed by atoms with E-state index in [2.05, 4.69) is 29.6 Å². The summed E-state index contributed by atoms with van der Waals surface area (Å²) in [5, 5.41) is 5.39. The normalized spacial score (nSPS) is 18.7.